The van der Waals surface area contributed by atoms with E-state index >= 15 is 0 Å². The summed E-state index contributed by atoms with van der Waals surface area (Å²) in [6.07, 6.45) is 0.0361. The first kappa shape index (κ1) is 16.9. The Bertz CT molecular complexity index is 463. The van der Waals surface area contributed by atoms with Crippen molar-refractivity contribution in [2.24, 2.45) is 0 Å². The van der Waals surface area contributed by atoms with E-state index in [0.717, 1.165) is 0 Å². The number of carbonyl (C=O) groups is 2. The molecule has 0 heterocycles. The Hall–Kier alpha value is -2.15. The molecule has 0 bridgehead atoms. The van der Waals surface area contributed by atoms with Gasteiger partial charge in [0.2, 0.25) is 5.91 Å². The van der Waals surface area contributed by atoms with Gasteiger partial charge in [0.05, 0.1) is 19.6 Å². The number of carboxylic acids is 1. The predicted octanol–water partition coefficient (Wildman–Crippen LogP) is 1.15. The van der Waals surface area contributed by atoms with Crippen molar-refractivity contribution >= 4 is 11.9 Å². The first-order valence-electron chi connectivity index (χ1n) is 6.40. The molecule has 1 rings (SSSR count). The Morgan fingerprint density at radius 2 is 1.90 bits per heavy atom. The van der Waals surface area contributed by atoms with Crippen molar-refractivity contribution in [1.29, 1.82) is 0 Å². The van der Waals surface area contributed by atoms with Crippen LogP contribution in [0.1, 0.15) is 6.42 Å². The topological polar surface area (TPSA) is 76.1 Å². The zero-order valence-corrected chi connectivity index (χ0v) is 11.8. The molecule has 1 aromatic carbocycles. The minimum absolute atomic E-state index is 0.0361. The van der Waals surface area contributed by atoms with Crippen LogP contribution in [0.4, 0.5) is 4.39 Å². The summed E-state index contributed by atoms with van der Waals surface area (Å²) in [5.41, 5.74) is 0. The van der Waals surface area contributed by atoms with Gasteiger partial charge in [0.15, 0.2) is 0 Å². The second-order valence-corrected chi connectivity index (χ2v) is 4.25. The molecule has 7 heteroatoms. The average molecular weight is 299 g/mol. The number of carbonyl (C=O) groups excluding carboxylic acids is 1. The predicted molar refractivity (Wildman–Crippen MR) is 72.6 cm³/mol. The van der Waals surface area contributed by atoms with Crippen molar-refractivity contribution < 1.29 is 28.6 Å². The molecule has 6 nitrogen and oxygen atoms in total. The van der Waals surface area contributed by atoms with Crippen LogP contribution < -0.4 is 4.74 Å². The standard InChI is InChI=1S/C14H18FNO5/c1-20-9-7-16(10-14(18)19)13(17)6-8-21-12-4-2-11(15)3-5-12/h2-5H,6-10H2,1H3,(H,18,19). The first-order valence-corrected chi connectivity index (χ1v) is 6.40. The molecule has 0 aliphatic heterocycles. The van der Waals surface area contributed by atoms with Gasteiger partial charge in [-0.1, -0.05) is 0 Å². The van der Waals surface area contributed by atoms with Crippen molar-refractivity contribution in [2.45, 2.75) is 6.42 Å². The van der Waals surface area contributed by atoms with E-state index in [1.165, 1.54) is 36.3 Å². The summed E-state index contributed by atoms with van der Waals surface area (Å²) in [4.78, 5) is 23.8. The SMILES string of the molecule is COCCN(CC(=O)O)C(=O)CCOc1ccc(F)cc1. The number of halogens is 1. The molecule has 116 valence electrons. The van der Waals surface area contributed by atoms with E-state index < -0.39 is 5.97 Å². The lowest BCUT2D eigenvalue weighted by molar-refractivity contribution is -0.145. The zero-order valence-electron chi connectivity index (χ0n) is 11.8. The van der Waals surface area contributed by atoms with Gasteiger partial charge < -0.3 is 19.5 Å². The number of nitrogens with zero attached hydrogens (tertiary/aromatic N) is 1. The van der Waals surface area contributed by atoms with Crippen LogP contribution in [0.2, 0.25) is 0 Å². The second-order valence-electron chi connectivity index (χ2n) is 4.25. The minimum atomic E-state index is -1.08. The Labute approximate surface area is 122 Å². The summed E-state index contributed by atoms with van der Waals surface area (Å²) in [6.45, 7) is 0.183. The number of amides is 1. The normalized spacial score (nSPS) is 10.2. The molecule has 0 saturated carbocycles. The summed E-state index contributed by atoms with van der Waals surface area (Å²) in [5, 5.41) is 8.76. The molecule has 1 N–H and O–H groups in total. The van der Waals surface area contributed by atoms with E-state index in [9.17, 15) is 14.0 Å². The molecule has 0 spiro atoms. The highest BCUT2D eigenvalue weighted by atomic mass is 19.1. The lowest BCUT2D eigenvalue weighted by atomic mass is 10.3. The van der Waals surface area contributed by atoms with E-state index in [0.29, 0.717) is 5.75 Å². The molecule has 0 fully saturated rings. The van der Waals surface area contributed by atoms with Crippen LogP contribution in [0.15, 0.2) is 24.3 Å². The highest BCUT2D eigenvalue weighted by Crippen LogP contribution is 2.11. The number of hydrogen-bond donors (Lipinski definition) is 1. The minimum Gasteiger partial charge on any atom is -0.493 e. The van der Waals surface area contributed by atoms with Gasteiger partial charge in [0, 0.05) is 13.7 Å². The van der Waals surface area contributed by atoms with E-state index in [1.54, 1.807) is 0 Å². The number of aliphatic carboxylic acids is 1. The Balaban J connectivity index is 2.41. The fourth-order valence-electron chi connectivity index (χ4n) is 1.60. The van der Waals surface area contributed by atoms with E-state index in [-0.39, 0.29) is 44.4 Å². The third-order valence-corrected chi connectivity index (χ3v) is 2.64. The van der Waals surface area contributed by atoms with Crippen molar-refractivity contribution in [1.82, 2.24) is 4.90 Å². The van der Waals surface area contributed by atoms with Crippen LogP contribution in [-0.2, 0) is 14.3 Å². The van der Waals surface area contributed by atoms with Gasteiger partial charge in [-0.05, 0) is 24.3 Å². The number of methoxy groups -OCH3 is 1. The largest absolute Gasteiger partial charge is 0.493 e. The maximum atomic E-state index is 12.7. The zero-order chi connectivity index (χ0) is 15.7. The molecule has 1 aromatic rings. The summed E-state index contributed by atoms with van der Waals surface area (Å²) in [7, 11) is 1.47. The fourth-order valence-corrected chi connectivity index (χ4v) is 1.60. The molecule has 0 saturated heterocycles. The Morgan fingerprint density at radius 1 is 1.24 bits per heavy atom. The van der Waals surface area contributed by atoms with Gasteiger partial charge in [-0.15, -0.1) is 0 Å². The Morgan fingerprint density at radius 3 is 2.48 bits per heavy atom. The van der Waals surface area contributed by atoms with Crippen LogP contribution in [0.25, 0.3) is 0 Å². The molecule has 0 aliphatic carbocycles. The van der Waals surface area contributed by atoms with Crippen LogP contribution in [0.5, 0.6) is 5.75 Å². The smallest absolute Gasteiger partial charge is 0.323 e. The third kappa shape index (κ3) is 6.71. The number of benzene rings is 1. The van der Waals surface area contributed by atoms with Crippen LogP contribution in [-0.4, -0.2) is 55.3 Å². The maximum Gasteiger partial charge on any atom is 0.323 e. The first-order chi connectivity index (χ1) is 10.0. The summed E-state index contributed by atoms with van der Waals surface area (Å²) in [6, 6.07) is 5.43. The van der Waals surface area contributed by atoms with Gasteiger partial charge >= 0.3 is 5.97 Å². The van der Waals surface area contributed by atoms with Crippen LogP contribution >= 0.6 is 0 Å². The lowest BCUT2D eigenvalue weighted by Gasteiger charge is -2.20. The summed E-state index contributed by atoms with van der Waals surface area (Å²) in [5.74, 6) is -1.34. The van der Waals surface area contributed by atoms with Crippen LogP contribution in [0.3, 0.4) is 0 Å². The average Bonchev–Trinajstić information content (AvgIpc) is 2.45. The second kappa shape index (κ2) is 8.91. The molecule has 0 aromatic heterocycles. The van der Waals surface area contributed by atoms with Gasteiger partial charge in [0.25, 0.3) is 0 Å². The molecule has 0 atom stereocenters. The summed E-state index contributed by atoms with van der Waals surface area (Å²) >= 11 is 0. The molecule has 0 unspecified atom stereocenters. The highest BCUT2D eigenvalue weighted by Gasteiger charge is 2.16. The Kier molecular flexibility index (Phi) is 7.17. The molecular weight excluding hydrogens is 281 g/mol. The van der Waals surface area contributed by atoms with Gasteiger partial charge in [-0.2, -0.15) is 0 Å². The van der Waals surface area contributed by atoms with Crippen molar-refractivity contribution in [3.8, 4) is 5.75 Å². The van der Waals surface area contributed by atoms with Crippen molar-refractivity contribution in [3.05, 3.63) is 30.1 Å². The summed E-state index contributed by atoms with van der Waals surface area (Å²) < 4.78 is 22.8. The van der Waals surface area contributed by atoms with Crippen molar-refractivity contribution in [3.63, 3.8) is 0 Å². The molecule has 0 aliphatic rings. The van der Waals surface area contributed by atoms with E-state index in [2.05, 4.69) is 0 Å². The van der Waals surface area contributed by atoms with Crippen LogP contribution in [0, 0.1) is 5.82 Å². The maximum absolute atomic E-state index is 12.7. The van der Waals surface area contributed by atoms with Gasteiger partial charge in [-0.3, -0.25) is 9.59 Å². The van der Waals surface area contributed by atoms with Gasteiger partial charge in [-0.25, -0.2) is 4.39 Å². The quantitative estimate of drug-likeness (QED) is 0.740. The monoisotopic (exact) mass is 299 g/mol. The third-order valence-electron chi connectivity index (χ3n) is 2.64. The number of hydrogen-bond acceptors (Lipinski definition) is 4. The van der Waals surface area contributed by atoms with E-state index in [1.807, 2.05) is 0 Å². The molecular formula is C14H18FNO5. The fraction of sp³-hybridized carbons (Fsp3) is 0.429. The molecule has 0 radical (unpaired) electrons. The van der Waals surface area contributed by atoms with E-state index in [4.69, 9.17) is 14.6 Å². The molecule has 1 amide bonds. The van der Waals surface area contributed by atoms with Crippen molar-refractivity contribution in [2.75, 3.05) is 33.4 Å². The molecule has 21 heavy (non-hydrogen) atoms. The lowest BCUT2D eigenvalue weighted by Crippen LogP contribution is -2.38. The number of ether oxygens (including phenoxy) is 2. The number of carboxylic acid groups (broad SMARTS) is 1. The highest BCUT2D eigenvalue weighted by molar-refractivity contribution is 5.81. The number of rotatable bonds is 9. The van der Waals surface area contributed by atoms with Gasteiger partial charge in [0.1, 0.15) is 18.1 Å².